The second-order valence-electron chi connectivity index (χ2n) is 5.93. The summed E-state index contributed by atoms with van der Waals surface area (Å²) in [5, 5.41) is 14.8. The van der Waals surface area contributed by atoms with E-state index in [2.05, 4.69) is 17.6 Å². The molecule has 2 aliphatic rings. The second-order valence-corrected chi connectivity index (χ2v) is 5.93. The molecule has 0 spiro atoms. The first-order chi connectivity index (χ1) is 9.55. The molecule has 2 amide bonds. The molecular formula is C14H24N2O4. The Labute approximate surface area is 119 Å². The number of aliphatic carboxylic acids is 1. The van der Waals surface area contributed by atoms with Crippen LogP contribution in [0.1, 0.15) is 45.4 Å². The smallest absolute Gasteiger partial charge is 0.332 e. The van der Waals surface area contributed by atoms with Crippen LogP contribution in [-0.4, -0.2) is 41.9 Å². The highest BCUT2D eigenvalue weighted by atomic mass is 16.5. The van der Waals surface area contributed by atoms with Crippen LogP contribution in [0.25, 0.3) is 0 Å². The summed E-state index contributed by atoms with van der Waals surface area (Å²) in [5.41, 5.74) is -1.26. The lowest BCUT2D eigenvalue weighted by Crippen LogP contribution is -2.59. The third-order valence-electron chi connectivity index (χ3n) is 4.48. The molecular weight excluding hydrogens is 260 g/mol. The third kappa shape index (κ3) is 3.42. The molecule has 1 saturated carbocycles. The number of urea groups is 1. The van der Waals surface area contributed by atoms with Gasteiger partial charge in [0, 0.05) is 19.1 Å². The topological polar surface area (TPSA) is 87.7 Å². The second kappa shape index (κ2) is 6.43. The minimum Gasteiger partial charge on any atom is -0.479 e. The summed E-state index contributed by atoms with van der Waals surface area (Å²) in [6.45, 7) is 2.58. The zero-order valence-corrected chi connectivity index (χ0v) is 12.0. The predicted octanol–water partition coefficient (Wildman–Crippen LogP) is 1.50. The van der Waals surface area contributed by atoms with Gasteiger partial charge >= 0.3 is 12.0 Å². The molecule has 0 aromatic rings. The molecule has 3 N–H and O–H groups in total. The number of rotatable bonds is 4. The van der Waals surface area contributed by atoms with E-state index in [-0.39, 0.29) is 18.7 Å². The van der Waals surface area contributed by atoms with E-state index >= 15 is 0 Å². The summed E-state index contributed by atoms with van der Waals surface area (Å²) in [7, 11) is 0. The van der Waals surface area contributed by atoms with Crippen LogP contribution in [0, 0.1) is 5.92 Å². The van der Waals surface area contributed by atoms with Crippen molar-refractivity contribution in [2.45, 2.75) is 57.0 Å². The van der Waals surface area contributed by atoms with Gasteiger partial charge in [-0.2, -0.15) is 0 Å². The highest BCUT2D eigenvalue weighted by Gasteiger charge is 2.44. The van der Waals surface area contributed by atoms with Crippen molar-refractivity contribution in [3.63, 3.8) is 0 Å². The van der Waals surface area contributed by atoms with Crippen molar-refractivity contribution in [1.29, 1.82) is 0 Å². The Hall–Kier alpha value is -1.30. The van der Waals surface area contributed by atoms with E-state index in [1.165, 1.54) is 6.42 Å². The lowest BCUT2D eigenvalue weighted by atomic mass is 9.84. The lowest BCUT2D eigenvalue weighted by Gasteiger charge is -2.31. The summed E-state index contributed by atoms with van der Waals surface area (Å²) < 4.78 is 5.12. The quantitative estimate of drug-likeness (QED) is 0.730. The summed E-state index contributed by atoms with van der Waals surface area (Å²) in [6.07, 6.45) is 5.76. The van der Waals surface area contributed by atoms with Crippen molar-refractivity contribution in [3.8, 4) is 0 Å². The first-order valence-electron chi connectivity index (χ1n) is 7.45. The van der Waals surface area contributed by atoms with E-state index in [0.29, 0.717) is 18.9 Å². The maximum Gasteiger partial charge on any atom is 0.332 e. The molecule has 1 aliphatic heterocycles. The van der Waals surface area contributed by atoms with Gasteiger partial charge < -0.3 is 20.5 Å². The van der Waals surface area contributed by atoms with Gasteiger partial charge in [-0.3, -0.25) is 0 Å². The zero-order valence-electron chi connectivity index (χ0n) is 12.0. The summed E-state index contributed by atoms with van der Waals surface area (Å²) >= 11 is 0. The Morgan fingerprint density at radius 3 is 2.80 bits per heavy atom. The normalized spacial score (nSPS) is 33.6. The average Bonchev–Trinajstić information content (AvgIpc) is 2.88. The standard InChI is InChI=1S/C14H24N2O4/c1-2-10-4-3-5-11(8-10)15-13(19)16-14(12(17)18)6-7-20-9-14/h10-11H,2-9H2,1H3,(H,17,18)(H2,15,16,19). The number of ether oxygens (including phenoxy) is 1. The van der Waals surface area contributed by atoms with Crippen LogP contribution in [0.5, 0.6) is 0 Å². The molecule has 3 unspecified atom stereocenters. The molecule has 0 bridgehead atoms. The molecule has 1 heterocycles. The lowest BCUT2D eigenvalue weighted by molar-refractivity contribution is -0.144. The number of carbonyl (C=O) groups excluding carboxylic acids is 1. The van der Waals surface area contributed by atoms with Gasteiger partial charge in [0.05, 0.1) is 6.61 Å². The maximum absolute atomic E-state index is 12.0. The molecule has 6 heteroatoms. The van der Waals surface area contributed by atoms with Crippen molar-refractivity contribution in [3.05, 3.63) is 0 Å². The fraction of sp³-hybridized carbons (Fsp3) is 0.857. The molecule has 2 fully saturated rings. The minimum absolute atomic E-state index is 0.0397. The van der Waals surface area contributed by atoms with Gasteiger partial charge in [0.2, 0.25) is 0 Å². The Morgan fingerprint density at radius 1 is 1.40 bits per heavy atom. The molecule has 1 aliphatic carbocycles. The molecule has 0 aromatic carbocycles. The van der Waals surface area contributed by atoms with Gasteiger partial charge in [-0.1, -0.05) is 26.2 Å². The van der Waals surface area contributed by atoms with E-state index in [4.69, 9.17) is 4.74 Å². The molecule has 3 atom stereocenters. The van der Waals surface area contributed by atoms with Crippen molar-refractivity contribution in [2.24, 2.45) is 5.92 Å². The maximum atomic E-state index is 12.0. The zero-order chi connectivity index (χ0) is 14.6. The van der Waals surface area contributed by atoms with E-state index in [0.717, 1.165) is 25.7 Å². The van der Waals surface area contributed by atoms with Crippen molar-refractivity contribution >= 4 is 12.0 Å². The van der Waals surface area contributed by atoms with Crippen LogP contribution in [0.2, 0.25) is 0 Å². The van der Waals surface area contributed by atoms with Crippen LogP contribution in [0.4, 0.5) is 4.79 Å². The van der Waals surface area contributed by atoms with E-state index in [1.54, 1.807) is 0 Å². The van der Waals surface area contributed by atoms with Crippen LogP contribution in [-0.2, 0) is 9.53 Å². The largest absolute Gasteiger partial charge is 0.479 e. The monoisotopic (exact) mass is 284 g/mol. The number of carboxylic acid groups (broad SMARTS) is 1. The highest BCUT2D eigenvalue weighted by Crippen LogP contribution is 2.26. The van der Waals surface area contributed by atoms with Crippen molar-refractivity contribution in [1.82, 2.24) is 10.6 Å². The fourth-order valence-electron chi connectivity index (χ4n) is 3.12. The molecule has 114 valence electrons. The Bertz CT molecular complexity index is 366. The van der Waals surface area contributed by atoms with Crippen LogP contribution >= 0.6 is 0 Å². The number of carbonyl (C=O) groups is 2. The number of amides is 2. The molecule has 1 saturated heterocycles. The van der Waals surface area contributed by atoms with Crippen LogP contribution in [0.3, 0.4) is 0 Å². The Kier molecular flexibility index (Phi) is 4.86. The summed E-state index contributed by atoms with van der Waals surface area (Å²) in [5.74, 6) is -0.363. The van der Waals surface area contributed by atoms with Gasteiger partial charge in [0.25, 0.3) is 0 Å². The first kappa shape index (κ1) is 15.1. The van der Waals surface area contributed by atoms with Crippen molar-refractivity contribution in [2.75, 3.05) is 13.2 Å². The number of carboxylic acids is 1. The van der Waals surface area contributed by atoms with Gasteiger partial charge in [-0.15, -0.1) is 0 Å². The minimum atomic E-state index is -1.26. The van der Waals surface area contributed by atoms with Gasteiger partial charge in [0.15, 0.2) is 5.54 Å². The third-order valence-corrected chi connectivity index (χ3v) is 4.48. The predicted molar refractivity (Wildman–Crippen MR) is 73.5 cm³/mol. The summed E-state index contributed by atoms with van der Waals surface area (Å²) in [4.78, 5) is 23.4. The number of hydrogen-bond acceptors (Lipinski definition) is 3. The van der Waals surface area contributed by atoms with Crippen molar-refractivity contribution < 1.29 is 19.4 Å². The van der Waals surface area contributed by atoms with Crippen LogP contribution in [0.15, 0.2) is 0 Å². The number of hydrogen-bond donors (Lipinski definition) is 3. The highest BCUT2D eigenvalue weighted by molar-refractivity contribution is 5.86. The summed E-state index contributed by atoms with van der Waals surface area (Å²) in [6, 6.07) is -0.235. The number of nitrogens with one attached hydrogen (secondary N) is 2. The SMILES string of the molecule is CCC1CCCC(NC(=O)NC2(C(=O)O)CCOC2)C1. The van der Waals surface area contributed by atoms with E-state index < -0.39 is 11.5 Å². The van der Waals surface area contributed by atoms with Gasteiger partial charge in [0.1, 0.15) is 0 Å². The molecule has 20 heavy (non-hydrogen) atoms. The van der Waals surface area contributed by atoms with E-state index in [9.17, 15) is 14.7 Å². The fourth-order valence-corrected chi connectivity index (χ4v) is 3.12. The molecule has 6 nitrogen and oxygen atoms in total. The Balaban J connectivity index is 1.87. The molecule has 0 aromatic heterocycles. The first-order valence-corrected chi connectivity index (χ1v) is 7.45. The van der Waals surface area contributed by atoms with Gasteiger partial charge in [-0.25, -0.2) is 9.59 Å². The molecule has 2 rings (SSSR count). The van der Waals surface area contributed by atoms with Gasteiger partial charge in [-0.05, 0) is 18.8 Å². The van der Waals surface area contributed by atoms with E-state index in [1.807, 2.05) is 0 Å². The van der Waals surface area contributed by atoms with Crippen LogP contribution < -0.4 is 10.6 Å². The Morgan fingerprint density at radius 2 is 2.20 bits per heavy atom. The molecule has 0 radical (unpaired) electrons. The average molecular weight is 284 g/mol.